The fourth-order valence-electron chi connectivity index (χ4n) is 4.32. The van der Waals surface area contributed by atoms with E-state index in [2.05, 4.69) is 63.0 Å². The molecule has 8 heteroatoms. The average Bonchev–Trinajstić information content (AvgIpc) is 3.13. The summed E-state index contributed by atoms with van der Waals surface area (Å²) in [6, 6.07) is 8.45. The van der Waals surface area contributed by atoms with Gasteiger partial charge in [-0.2, -0.15) is 0 Å². The third-order valence-corrected chi connectivity index (χ3v) is 6.66. The number of aliphatic imine (C=N–C) groups is 1. The van der Waals surface area contributed by atoms with Crippen molar-refractivity contribution in [3.05, 3.63) is 40.6 Å². The number of likely N-dealkylation sites (N-methyl/N-ethyl adjacent to an activating group) is 2. The summed E-state index contributed by atoms with van der Waals surface area (Å²) in [6.45, 7) is 8.46. The Bertz CT molecular complexity index is 831. The number of halogens is 1. The van der Waals surface area contributed by atoms with E-state index >= 15 is 0 Å². The van der Waals surface area contributed by atoms with Gasteiger partial charge in [-0.15, -0.1) is 0 Å². The van der Waals surface area contributed by atoms with Gasteiger partial charge in [-0.3, -0.25) is 5.41 Å². The first-order valence-electron chi connectivity index (χ1n) is 11.1. The number of piperazine rings is 1. The molecule has 0 aromatic heterocycles. The molecular weight excluding hydrogens is 412 g/mol. The molecule has 1 unspecified atom stereocenters. The molecule has 31 heavy (non-hydrogen) atoms. The van der Waals surface area contributed by atoms with Crippen molar-refractivity contribution >= 4 is 29.3 Å². The summed E-state index contributed by atoms with van der Waals surface area (Å²) in [7, 11) is 4.28. The molecule has 168 valence electrons. The standard InChI is InChI=1S/C23H33ClN6O/c1-27-9-11-29(12-10-27)19-5-3-18(4-6-19)15-26-22(24)21-7-8-30(23(21)25)17-20-16-28(2)13-14-31-20/h3-6,15,20,25H,7-14,16-17H2,1-2H3/b22-21-,25-23?,26-15+. The first-order chi connectivity index (χ1) is 15.0. The molecule has 0 bridgehead atoms. The monoisotopic (exact) mass is 444 g/mol. The lowest BCUT2D eigenvalue weighted by Crippen LogP contribution is -2.46. The van der Waals surface area contributed by atoms with Crippen LogP contribution in [0.15, 0.2) is 40.0 Å². The Hall–Kier alpha value is -1.93. The first-order valence-corrected chi connectivity index (χ1v) is 11.5. The Morgan fingerprint density at radius 2 is 1.84 bits per heavy atom. The van der Waals surface area contributed by atoms with Crippen LogP contribution in [0.4, 0.5) is 5.69 Å². The molecule has 0 saturated carbocycles. The van der Waals surface area contributed by atoms with Crippen LogP contribution in [-0.2, 0) is 4.74 Å². The highest BCUT2D eigenvalue weighted by Gasteiger charge is 2.29. The van der Waals surface area contributed by atoms with E-state index in [1.54, 1.807) is 6.21 Å². The van der Waals surface area contributed by atoms with Crippen molar-refractivity contribution in [2.75, 3.05) is 78.0 Å². The Balaban J connectivity index is 1.34. The zero-order chi connectivity index (χ0) is 21.8. The minimum Gasteiger partial charge on any atom is -0.374 e. The normalized spacial score (nSPS) is 25.6. The highest BCUT2D eigenvalue weighted by Crippen LogP contribution is 2.25. The largest absolute Gasteiger partial charge is 0.374 e. The number of ether oxygens (including phenoxy) is 1. The van der Waals surface area contributed by atoms with Gasteiger partial charge in [0.05, 0.1) is 12.7 Å². The van der Waals surface area contributed by atoms with Crippen LogP contribution in [0.25, 0.3) is 0 Å². The molecule has 1 aromatic rings. The molecule has 1 N–H and O–H groups in total. The summed E-state index contributed by atoms with van der Waals surface area (Å²) < 4.78 is 5.85. The molecule has 7 nitrogen and oxygen atoms in total. The van der Waals surface area contributed by atoms with Gasteiger partial charge in [0.1, 0.15) is 11.0 Å². The van der Waals surface area contributed by atoms with Crippen LogP contribution >= 0.6 is 11.6 Å². The minimum atomic E-state index is 0.138. The predicted molar refractivity (Wildman–Crippen MR) is 128 cm³/mol. The van der Waals surface area contributed by atoms with Crippen LogP contribution in [0.3, 0.4) is 0 Å². The Kier molecular flexibility index (Phi) is 7.27. The maximum atomic E-state index is 8.53. The quantitative estimate of drug-likeness (QED) is 0.558. The number of benzene rings is 1. The summed E-state index contributed by atoms with van der Waals surface area (Å²) in [5.41, 5.74) is 3.08. The molecule has 0 spiro atoms. The highest BCUT2D eigenvalue weighted by atomic mass is 35.5. The molecule has 0 amide bonds. The predicted octanol–water partition coefficient (Wildman–Crippen LogP) is 2.32. The van der Waals surface area contributed by atoms with E-state index in [0.717, 1.165) is 76.5 Å². The summed E-state index contributed by atoms with van der Waals surface area (Å²) in [5.74, 6) is 0.476. The van der Waals surface area contributed by atoms with Crippen LogP contribution in [0, 0.1) is 5.41 Å². The number of likely N-dealkylation sites (tertiary alicyclic amines) is 1. The van der Waals surface area contributed by atoms with Gasteiger partial charge in [-0.05, 0) is 38.2 Å². The van der Waals surface area contributed by atoms with Gasteiger partial charge < -0.3 is 24.3 Å². The number of amidine groups is 1. The number of hydrogen-bond donors (Lipinski definition) is 1. The van der Waals surface area contributed by atoms with E-state index in [4.69, 9.17) is 21.7 Å². The van der Waals surface area contributed by atoms with E-state index < -0.39 is 0 Å². The van der Waals surface area contributed by atoms with E-state index in [1.807, 2.05) is 0 Å². The van der Waals surface area contributed by atoms with Crippen LogP contribution in [-0.4, -0.2) is 106 Å². The van der Waals surface area contributed by atoms with Crippen molar-refractivity contribution < 1.29 is 4.74 Å². The number of anilines is 1. The van der Waals surface area contributed by atoms with Crippen molar-refractivity contribution in [2.45, 2.75) is 12.5 Å². The molecule has 1 atom stereocenters. The van der Waals surface area contributed by atoms with Gasteiger partial charge in [-0.1, -0.05) is 23.7 Å². The van der Waals surface area contributed by atoms with Gasteiger partial charge in [0, 0.05) is 69.8 Å². The Morgan fingerprint density at radius 3 is 2.55 bits per heavy atom. The van der Waals surface area contributed by atoms with Crippen molar-refractivity contribution in [3.8, 4) is 0 Å². The van der Waals surface area contributed by atoms with E-state index in [0.29, 0.717) is 11.0 Å². The summed E-state index contributed by atoms with van der Waals surface area (Å²) in [5, 5.41) is 8.95. The molecule has 3 fully saturated rings. The maximum Gasteiger partial charge on any atom is 0.135 e. The minimum absolute atomic E-state index is 0.138. The molecule has 3 heterocycles. The fourth-order valence-corrected chi connectivity index (χ4v) is 4.55. The summed E-state index contributed by atoms with van der Waals surface area (Å²) in [4.78, 5) is 13.6. The zero-order valence-electron chi connectivity index (χ0n) is 18.6. The lowest BCUT2D eigenvalue weighted by atomic mass is 10.2. The van der Waals surface area contributed by atoms with Crippen molar-refractivity contribution in [2.24, 2.45) is 4.99 Å². The van der Waals surface area contributed by atoms with Crippen molar-refractivity contribution in [1.82, 2.24) is 14.7 Å². The van der Waals surface area contributed by atoms with Crippen molar-refractivity contribution in [3.63, 3.8) is 0 Å². The smallest absolute Gasteiger partial charge is 0.135 e. The summed E-state index contributed by atoms with van der Waals surface area (Å²) in [6.07, 6.45) is 2.68. The van der Waals surface area contributed by atoms with Crippen LogP contribution in [0.2, 0.25) is 0 Å². The number of nitrogens with zero attached hydrogens (tertiary/aromatic N) is 5. The molecule has 3 aliphatic rings. The number of hydrogen-bond acceptors (Lipinski definition) is 6. The lowest BCUT2D eigenvalue weighted by Gasteiger charge is -2.34. The topological polar surface area (TPSA) is 58.4 Å². The Labute approximate surface area is 190 Å². The SMILES string of the molecule is CN1CCN(c2ccc(/C=N/C(Cl)=C3/CCN(CC4CN(C)CCO4)C3=N)cc2)CC1. The van der Waals surface area contributed by atoms with Crippen LogP contribution < -0.4 is 4.90 Å². The highest BCUT2D eigenvalue weighted by molar-refractivity contribution is 6.32. The van der Waals surface area contributed by atoms with E-state index in [9.17, 15) is 0 Å². The van der Waals surface area contributed by atoms with Gasteiger partial charge >= 0.3 is 0 Å². The molecule has 1 aromatic carbocycles. The van der Waals surface area contributed by atoms with Crippen molar-refractivity contribution in [1.29, 1.82) is 5.41 Å². The number of nitrogens with one attached hydrogen (secondary N) is 1. The molecule has 3 aliphatic heterocycles. The number of morpholine rings is 1. The number of rotatable bonds is 5. The third-order valence-electron chi connectivity index (χ3n) is 6.34. The second-order valence-corrected chi connectivity index (χ2v) is 9.07. The Morgan fingerprint density at radius 1 is 1.10 bits per heavy atom. The van der Waals surface area contributed by atoms with Crippen LogP contribution in [0.5, 0.6) is 0 Å². The van der Waals surface area contributed by atoms with Gasteiger partial charge in [0.15, 0.2) is 0 Å². The second kappa shape index (κ2) is 10.1. The van der Waals surface area contributed by atoms with E-state index in [-0.39, 0.29) is 6.10 Å². The van der Waals surface area contributed by atoms with Crippen LogP contribution in [0.1, 0.15) is 12.0 Å². The molecule has 3 saturated heterocycles. The molecular formula is C23H33ClN6O. The lowest BCUT2D eigenvalue weighted by molar-refractivity contribution is -0.0271. The first kappa shape index (κ1) is 22.3. The maximum absolute atomic E-state index is 8.53. The van der Waals surface area contributed by atoms with Gasteiger partial charge in [-0.25, -0.2) is 4.99 Å². The summed E-state index contributed by atoms with van der Waals surface area (Å²) >= 11 is 6.49. The average molecular weight is 445 g/mol. The third kappa shape index (κ3) is 5.66. The molecule has 4 rings (SSSR count). The van der Waals surface area contributed by atoms with E-state index in [1.165, 1.54) is 5.69 Å². The molecule has 0 radical (unpaired) electrons. The van der Waals surface area contributed by atoms with Gasteiger partial charge in [0.2, 0.25) is 0 Å². The van der Waals surface area contributed by atoms with Gasteiger partial charge in [0.25, 0.3) is 0 Å². The fraction of sp³-hybridized carbons (Fsp3) is 0.565. The molecule has 0 aliphatic carbocycles. The second-order valence-electron chi connectivity index (χ2n) is 8.71. The zero-order valence-corrected chi connectivity index (χ0v) is 19.3.